The van der Waals surface area contributed by atoms with Crippen molar-refractivity contribution >= 4 is 33.0 Å². The third-order valence-electron chi connectivity index (χ3n) is 5.39. The van der Waals surface area contributed by atoms with Crippen molar-refractivity contribution in [2.24, 2.45) is 0 Å². The number of ether oxygens (including phenoxy) is 1. The van der Waals surface area contributed by atoms with E-state index >= 15 is 0 Å². The first-order chi connectivity index (χ1) is 13.8. The molecule has 7 nitrogen and oxygen atoms in total. The maximum atomic E-state index is 13.0. The van der Waals surface area contributed by atoms with Crippen LogP contribution in [0.25, 0.3) is 0 Å². The van der Waals surface area contributed by atoms with Gasteiger partial charge in [0.1, 0.15) is 0 Å². The van der Waals surface area contributed by atoms with E-state index in [4.69, 9.17) is 4.74 Å². The minimum Gasteiger partial charge on any atom is -0.378 e. The third kappa shape index (κ3) is 3.95. The van der Waals surface area contributed by atoms with Gasteiger partial charge in [-0.05, 0) is 55.3 Å². The van der Waals surface area contributed by atoms with E-state index in [9.17, 15) is 13.2 Å². The van der Waals surface area contributed by atoms with Crippen LogP contribution in [-0.2, 0) is 26.0 Å². The summed E-state index contributed by atoms with van der Waals surface area (Å²) >= 11 is 0. The Bertz CT molecular complexity index is 1030. The molecule has 2 aliphatic rings. The topological polar surface area (TPSA) is 79.0 Å². The summed E-state index contributed by atoms with van der Waals surface area (Å²) in [5.74, 6) is -0.0371. The summed E-state index contributed by atoms with van der Waals surface area (Å²) in [7, 11) is -3.73. The van der Waals surface area contributed by atoms with E-state index in [1.807, 2.05) is 25.1 Å². The van der Waals surface area contributed by atoms with Crippen LogP contribution in [0, 0.1) is 0 Å². The number of sulfonamides is 1. The van der Waals surface area contributed by atoms with E-state index in [2.05, 4.69) is 9.62 Å². The fraction of sp³-hybridized carbons (Fsp3) is 0.381. The van der Waals surface area contributed by atoms with E-state index < -0.39 is 10.0 Å². The van der Waals surface area contributed by atoms with Gasteiger partial charge < -0.3 is 14.5 Å². The molecule has 1 atom stereocenters. The molecular formula is C21H25N3O4S. The van der Waals surface area contributed by atoms with Crippen LogP contribution in [0.5, 0.6) is 0 Å². The molecular weight excluding hydrogens is 390 g/mol. The Hall–Kier alpha value is -2.58. The molecule has 4 rings (SSSR count). The highest BCUT2D eigenvalue weighted by Crippen LogP contribution is 2.34. The normalized spacial score (nSPS) is 19.2. The van der Waals surface area contributed by atoms with E-state index in [-0.39, 0.29) is 16.8 Å². The second-order valence-corrected chi connectivity index (χ2v) is 9.17. The molecule has 0 aromatic heterocycles. The lowest BCUT2D eigenvalue weighted by atomic mass is 10.1. The molecule has 1 N–H and O–H groups in total. The Labute approximate surface area is 171 Å². The third-order valence-corrected chi connectivity index (χ3v) is 6.77. The average molecular weight is 416 g/mol. The zero-order chi connectivity index (χ0) is 20.6. The lowest BCUT2D eigenvalue weighted by Crippen LogP contribution is -2.36. The molecule has 2 aromatic carbocycles. The maximum Gasteiger partial charge on any atom is 0.261 e. The lowest BCUT2D eigenvalue weighted by Gasteiger charge is -2.29. The lowest BCUT2D eigenvalue weighted by molar-refractivity contribution is -0.116. The van der Waals surface area contributed by atoms with Crippen molar-refractivity contribution in [2.75, 3.05) is 40.8 Å². The number of nitrogens with zero attached hydrogens (tertiary/aromatic N) is 2. The molecule has 1 fully saturated rings. The van der Waals surface area contributed by atoms with Crippen molar-refractivity contribution in [3.63, 3.8) is 0 Å². The predicted molar refractivity (Wildman–Crippen MR) is 113 cm³/mol. The standard InChI is InChI=1S/C21H25N3O4S/c1-15-12-17-13-20(6-7-21(17)24(15)16(2)25)29(26,27)22-18-4-3-5-19(14-18)23-8-10-28-11-9-23/h3-7,13-15,22H,8-12H2,1-2H3. The van der Waals surface area contributed by atoms with Gasteiger partial charge in [-0.2, -0.15) is 0 Å². The van der Waals surface area contributed by atoms with Gasteiger partial charge in [0.15, 0.2) is 0 Å². The summed E-state index contributed by atoms with van der Waals surface area (Å²) in [5.41, 5.74) is 3.15. The second-order valence-electron chi connectivity index (χ2n) is 7.49. The van der Waals surface area contributed by atoms with Gasteiger partial charge in [0.05, 0.1) is 23.8 Å². The van der Waals surface area contributed by atoms with Crippen molar-refractivity contribution in [1.82, 2.24) is 0 Å². The van der Waals surface area contributed by atoms with E-state index in [1.165, 1.54) is 6.92 Å². The smallest absolute Gasteiger partial charge is 0.261 e. The van der Waals surface area contributed by atoms with Crippen LogP contribution in [0.3, 0.4) is 0 Å². The van der Waals surface area contributed by atoms with Gasteiger partial charge in [-0.25, -0.2) is 8.42 Å². The number of carbonyl (C=O) groups is 1. The van der Waals surface area contributed by atoms with Gasteiger partial charge in [0.2, 0.25) is 5.91 Å². The molecule has 1 saturated heterocycles. The van der Waals surface area contributed by atoms with Gasteiger partial charge in [0.25, 0.3) is 10.0 Å². The van der Waals surface area contributed by atoms with Gasteiger partial charge in [-0.1, -0.05) is 6.07 Å². The largest absolute Gasteiger partial charge is 0.378 e. The molecule has 2 heterocycles. The Morgan fingerprint density at radius 1 is 1.14 bits per heavy atom. The Kier molecular flexibility index (Phi) is 5.23. The number of rotatable bonds is 4. The van der Waals surface area contributed by atoms with Gasteiger partial charge >= 0.3 is 0 Å². The molecule has 0 saturated carbocycles. The van der Waals surface area contributed by atoms with Crippen LogP contribution in [0.15, 0.2) is 47.4 Å². The zero-order valence-corrected chi connectivity index (χ0v) is 17.4. The summed E-state index contributed by atoms with van der Waals surface area (Å²) in [6.07, 6.45) is 0.644. The first-order valence-electron chi connectivity index (χ1n) is 9.73. The Morgan fingerprint density at radius 3 is 2.62 bits per heavy atom. The number of carbonyl (C=O) groups excluding carboxylic acids is 1. The van der Waals surface area contributed by atoms with Crippen LogP contribution in [0.2, 0.25) is 0 Å². The highest BCUT2D eigenvalue weighted by molar-refractivity contribution is 7.92. The van der Waals surface area contributed by atoms with Crippen LogP contribution in [-0.4, -0.2) is 46.7 Å². The predicted octanol–water partition coefficient (Wildman–Crippen LogP) is 2.62. The Balaban J connectivity index is 1.57. The molecule has 8 heteroatoms. The minimum atomic E-state index is -3.73. The summed E-state index contributed by atoms with van der Waals surface area (Å²) in [6, 6.07) is 12.4. The molecule has 0 bridgehead atoms. The SMILES string of the molecule is CC(=O)N1c2ccc(S(=O)(=O)Nc3cccc(N4CCOCC4)c3)cc2CC1C. The fourth-order valence-corrected chi connectivity index (χ4v) is 5.16. The summed E-state index contributed by atoms with van der Waals surface area (Å²) < 4.78 is 34.0. The minimum absolute atomic E-state index is 0.0265. The molecule has 1 unspecified atom stereocenters. The van der Waals surface area contributed by atoms with Gasteiger partial charge in [-0.3, -0.25) is 9.52 Å². The van der Waals surface area contributed by atoms with Crippen LogP contribution in [0.1, 0.15) is 19.4 Å². The molecule has 29 heavy (non-hydrogen) atoms. The van der Waals surface area contributed by atoms with Crippen LogP contribution in [0.4, 0.5) is 17.1 Å². The van der Waals surface area contributed by atoms with Crippen molar-refractivity contribution < 1.29 is 17.9 Å². The number of hydrogen-bond donors (Lipinski definition) is 1. The molecule has 154 valence electrons. The average Bonchev–Trinajstić information content (AvgIpc) is 3.03. The Morgan fingerprint density at radius 2 is 1.90 bits per heavy atom. The fourth-order valence-electron chi connectivity index (χ4n) is 4.06. The molecule has 0 aliphatic carbocycles. The van der Waals surface area contributed by atoms with Crippen molar-refractivity contribution in [2.45, 2.75) is 31.2 Å². The maximum absolute atomic E-state index is 13.0. The summed E-state index contributed by atoms with van der Waals surface area (Å²) in [4.78, 5) is 16.0. The molecule has 2 aliphatic heterocycles. The first kappa shape index (κ1) is 19.7. The number of morpholine rings is 1. The number of anilines is 3. The second kappa shape index (κ2) is 7.68. The van der Waals surface area contributed by atoms with Crippen molar-refractivity contribution in [3.8, 4) is 0 Å². The quantitative estimate of drug-likeness (QED) is 0.831. The van der Waals surface area contributed by atoms with Crippen LogP contribution >= 0.6 is 0 Å². The molecule has 1 amide bonds. The van der Waals surface area contributed by atoms with E-state index in [1.54, 1.807) is 29.2 Å². The number of amides is 1. The van der Waals surface area contributed by atoms with Gasteiger partial charge in [-0.15, -0.1) is 0 Å². The first-order valence-corrected chi connectivity index (χ1v) is 11.2. The zero-order valence-electron chi connectivity index (χ0n) is 16.6. The number of hydrogen-bond acceptors (Lipinski definition) is 5. The number of benzene rings is 2. The highest BCUT2D eigenvalue weighted by Gasteiger charge is 2.30. The monoisotopic (exact) mass is 415 g/mol. The van der Waals surface area contributed by atoms with Gasteiger partial charge in [0, 0.05) is 37.4 Å². The van der Waals surface area contributed by atoms with E-state index in [0.29, 0.717) is 25.3 Å². The van der Waals surface area contributed by atoms with Crippen molar-refractivity contribution in [1.29, 1.82) is 0 Å². The van der Waals surface area contributed by atoms with Crippen LogP contribution < -0.4 is 14.5 Å². The van der Waals surface area contributed by atoms with E-state index in [0.717, 1.165) is 30.0 Å². The number of fused-ring (bicyclic) bond motifs is 1. The molecule has 2 aromatic rings. The molecule has 0 spiro atoms. The summed E-state index contributed by atoms with van der Waals surface area (Å²) in [5, 5.41) is 0. The highest BCUT2D eigenvalue weighted by atomic mass is 32.2. The number of nitrogens with one attached hydrogen (secondary N) is 1. The van der Waals surface area contributed by atoms with Crippen molar-refractivity contribution in [3.05, 3.63) is 48.0 Å². The molecule has 0 radical (unpaired) electrons. The summed E-state index contributed by atoms with van der Waals surface area (Å²) in [6.45, 7) is 6.39.